The molecular formula is C38H52F2. The molecule has 0 aliphatic heterocycles. The first kappa shape index (κ1) is 29.5. The van der Waals surface area contributed by atoms with Gasteiger partial charge < -0.3 is 0 Å². The second kappa shape index (κ2) is 14.3. The molecule has 40 heavy (non-hydrogen) atoms. The summed E-state index contributed by atoms with van der Waals surface area (Å²) in [6.45, 7) is 4.54. The Morgan fingerprint density at radius 1 is 0.625 bits per heavy atom. The monoisotopic (exact) mass is 546 g/mol. The lowest BCUT2D eigenvalue weighted by Gasteiger charge is -2.30. The molecule has 0 radical (unpaired) electrons. The van der Waals surface area contributed by atoms with Crippen LogP contribution >= 0.6 is 0 Å². The van der Waals surface area contributed by atoms with Gasteiger partial charge in [-0.2, -0.15) is 0 Å². The van der Waals surface area contributed by atoms with E-state index in [9.17, 15) is 0 Å². The fourth-order valence-electron chi connectivity index (χ4n) is 8.20. The number of unbranched alkanes of at least 4 members (excludes halogenated alkanes) is 2. The Morgan fingerprint density at radius 2 is 1.27 bits per heavy atom. The first-order chi connectivity index (χ1) is 19.6. The van der Waals surface area contributed by atoms with E-state index in [1.54, 1.807) is 6.07 Å². The summed E-state index contributed by atoms with van der Waals surface area (Å²) in [5.74, 6) is 2.78. The third kappa shape index (κ3) is 7.27. The van der Waals surface area contributed by atoms with Gasteiger partial charge in [-0.05, 0) is 140 Å². The van der Waals surface area contributed by atoms with E-state index in [0.717, 1.165) is 60.6 Å². The molecule has 0 aromatic heterocycles. The molecule has 5 rings (SSSR count). The van der Waals surface area contributed by atoms with Crippen LogP contribution in [0.5, 0.6) is 0 Å². The summed E-state index contributed by atoms with van der Waals surface area (Å²) in [5.41, 5.74) is 5.23. The third-order valence-electron chi connectivity index (χ3n) is 10.8. The number of halogens is 2. The van der Waals surface area contributed by atoms with Gasteiger partial charge >= 0.3 is 0 Å². The van der Waals surface area contributed by atoms with Crippen molar-refractivity contribution < 1.29 is 8.78 Å². The maximum atomic E-state index is 15.4. The first-order valence-electron chi connectivity index (χ1n) is 16.8. The largest absolute Gasteiger partial charge is 0.207 e. The van der Waals surface area contributed by atoms with Gasteiger partial charge in [0, 0.05) is 0 Å². The van der Waals surface area contributed by atoms with Gasteiger partial charge in [-0.1, -0.05) is 82.7 Å². The third-order valence-corrected chi connectivity index (χ3v) is 10.8. The van der Waals surface area contributed by atoms with Crippen molar-refractivity contribution in [3.05, 3.63) is 76.4 Å². The molecule has 0 heterocycles. The van der Waals surface area contributed by atoms with Crippen molar-refractivity contribution in [1.29, 1.82) is 0 Å². The smallest absolute Gasteiger partial charge is 0.127 e. The van der Waals surface area contributed by atoms with E-state index in [4.69, 9.17) is 0 Å². The van der Waals surface area contributed by atoms with Gasteiger partial charge in [-0.15, -0.1) is 0 Å². The predicted octanol–water partition coefficient (Wildman–Crippen LogP) is 12.2. The Morgan fingerprint density at radius 3 is 1.90 bits per heavy atom. The van der Waals surface area contributed by atoms with Crippen LogP contribution in [0.4, 0.5) is 8.78 Å². The molecule has 2 heteroatoms. The van der Waals surface area contributed by atoms with Gasteiger partial charge in [0.15, 0.2) is 0 Å². The Bertz CT molecular complexity index is 1110. The van der Waals surface area contributed by atoms with E-state index in [1.165, 1.54) is 88.2 Å². The summed E-state index contributed by atoms with van der Waals surface area (Å²) in [6.07, 6.45) is 22.6. The quantitative estimate of drug-likeness (QED) is 0.260. The number of rotatable bonds is 10. The molecule has 0 nitrogen and oxygen atoms in total. The zero-order chi connectivity index (χ0) is 27.9. The van der Waals surface area contributed by atoms with Crippen molar-refractivity contribution in [2.75, 3.05) is 0 Å². The molecule has 0 N–H and O–H groups in total. The summed E-state index contributed by atoms with van der Waals surface area (Å²) in [5, 5.41) is 0. The second-order valence-electron chi connectivity index (χ2n) is 13.4. The average Bonchev–Trinajstić information content (AvgIpc) is 2.98. The predicted molar refractivity (Wildman–Crippen MR) is 166 cm³/mol. The minimum atomic E-state index is -0.0314. The molecule has 2 fully saturated rings. The molecule has 1 unspecified atom stereocenters. The lowest BCUT2D eigenvalue weighted by Crippen LogP contribution is -2.14. The van der Waals surface area contributed by atoms with Crippen molar-refractivity contribution in [3.8, 4) is 0 Å². The molecule has 3 aliphatic carbocycles. The zero-order valence-corrected chi connectivity index (χ0v) is 25.2. The zero-order valence-electron chi connectivity index (χ0n) is 25.2. The SMILES string of the molecule is CCCCCC1CCC(c2ccc(C3CC=C(c4ccc(C5CCC(CCC)CC5)c(F)c4)CC3)c(F)c2)CC1. The summed E-state index contributed by atoms with van der Waals surface area (Å²) in [6, 6.07) is 12.1. The minimum absolute atomic E-state index is 0.0199. The molecule has 218 valence electrons. The Kier molecular flexibility index (Phi) is 10.5. The van der Waals surface area contributed by atoms with Gasteiger partial charge in [0.2, 0.25) is 0 Å². The summed E-state index contributed by atoms with van der Waals surface area (Å²) in [7, 11) is 0. The molecule has 0 amide bonds. The van der Waals surface area contributed by atoms with Crippen molar-refractivity contribution >= 4 is 5.57 Å². The number of hydrogen-bond acceptors (Lipinski definition) is 0. The van der Waals surface area contributed by atoms with Crippen LogP contribution in [-0.2, 0) is 0 Å². The van der Waals surface area contributed by atoms with Gasteiger partial charge in [-0.25, -0.2) is 8.78 Å². The van der Waals surface area contributed by atoms with E-state index in [2.05, 4.69) is 44.2 Å². The Labute approximate surface area is 243 Å². The highest BCUT2D eigenvalue weighted by atomic mass is 19.1. The van der Waals surface area contributed by atoms with Gasteiger partial charge in [0.05, 0.1) is 0 Å². The van der Waals surface area contributed by atoms with Gasteiger partial charge in [0.25, 0.3) is 0 Å². The number of allylic oxidation sites excluding steroid dienone is 2. The highest BCUT2D eigenvalue weighted by Gasteiger charge is 2.26. The van der Waals surface area contributed by atoms with Crippen molar-refractivity contribution in [1.82, 2.24) is 0 Å². The molecule has 2 saturated carbocycles. The summed E-state index contributed by atoms with van der Waals surface area (Å²) < 4.78 is 30.6. The van der Waals surface area contributed by atoms with E-state index in [1.807, 2.05) is 6.07 Å². The lowest BCUT2D eigenvalue weighted by molar-refractivity contribution is 0.302. The fraction of sp³-hybridized carbons (Fsp3) is 0.632. The Hall–Kier alpha value is -1.96. The molecule has 0 saturated heterocycles. The van der Waals surface area contributed by atoms with Gasteiger partial charge in [0.1, 0.15) is 11.6 Å². The van der Waals surface area contributed by atoms with Crippen molar-refractivity contribution in [2.45, 2.75) is 141 Å². The fourth-order valence-corrected chi connectivity index (χ4v) is 8.20. The minimum Gasteiger partial charge on any atom is -0.207 e. The van der Waals surface area contributed by atoms with Crippen LogP contribution in [-0.4, -0.2) is 0 Å². The number of benzene rings is 2. The van der Waals surface area contributed by atoms with Crippen LogP contribution in [0.15, 0.2) is 42.5 Å². The van der Waals surface area contributed by atoms with Crippen molar-refractivity contribution in [3.63, 3.8) is 0 Å². The van der Waals surface area contributed by atoms with Crippen LogP contribution in [0.25, 0.3) is 5.57 Å². The van der Waals surface area contributed by atoms with Crippen LogP contribution < -0.4 is 0 Å². The van der Waals surface area contributed by atoms with Crippen molar-refractivity contribution in [2.24, 2.45) is 11.8 Å². The molecule has 2 aromatic rings. The van der Waals surface area contributed by atoms with E-state index in [-0.39, 0.29) is 17.6 Å². The Balaban J connectivity index is 1.16. The number of hydrogen-bond donors (Lipinski definition) is 0. The van der Waals surface area contributed by atoms with Crippen LogP contribution in [0.2, 0.25) is 0 Å². The second-order valence-corrected chi connectivity index (χ2v) is 13.4. The maximum Gasteiger partial charge on any atom is 0.127 e. The van der Waals surface area contributed by atoms with E-state index >= 15 is 8.78 Å². The van der Waals surface area contributed by atoms with E-state index in [0.29, 0.717) is 11.8 Å². The molecule has 2 aromatic carbocycles. The topological polar surface area (TPSA) is 0 Å². The van der Waals surface area contributed by atoms with Crippen LogP contribution in [0, 0.1) is 23.5 Å². The highest BCUT2D eigenvalue weighted by molar-refractivity contribution is 5.67. The normalized spacial score (nSPS) is 27.4. The van der Waals surface area contributed by atoms with Gasteiger partial charge in [-0.3, -0.25) is 0 Å². The molecule has 3 aliphatic rings. The average molecular weight is 547 g/mol. The highest BCUT2D eigenvalue weighted by Crippen LogP contribution is 2.42. The molecular weight excluding hydrogens is 494 g/mol. The first-order valence-corrected chi connectivity index (χ1v) is 16.8. The maximum absolute atomic E-state index is 15.4. The lowest BCUT2D eigenvalue weighted by atomic mass is 9.76. The van der Waals surface area contributed by atoms with Crippen LogP contribution in [0.3, 0.4) is 0 Å². The van der Waals surface area contributed by atoms with E-state index < -0.39 is 0 Å². The van der Waals surface area contributed by atoms with Crippen LogP contribution in [0.1, 0.15) is 163 Å². The molecule has 1 atom stereocenters. The molecule has 0 bridgehead atoms. The summed E-state index contributed by atoms with van der Waals surface area (Å²) in [4.78, 5) is 0. The summed E-state index contributed by atoms with van der Waals surface area (Å²) >= 11 is 0. The molecule has 0 spiro atoms. The standard InChI is InChI=1S/C38H52F2/c1-3-5-6-8-28-9-13-29(14-10-28)33-21-24-36(38(40)25-33)32-19-17-30(18-20-32)34-22-23-35(37(39)26-34)31-15-11-27(7-4-2)12-16-31/h17,21-29,31-32H,3-16,18-20H2,1-2H3.